The van der Waals surface area contributed by atoms with E-state index in [2.05, 4.69) is 0 Å². The van der Waals surface area contributed by atoms with Crippen LogP contribution < -0.4 is 0 Å². The summed E-state index contributed by atoms with van der Waals surface area (Å²) in [7, 11) is 0. The summed E-state index contributed by atoms with van der Waals surface area (Å²) in [6, 6.07) is 2.22. The maximum Gasteiger partial charge on any atom is 0.419 e. The Morgan fingerprint density at radius 3 is 1.96 bits per heavy atom. The maximum atomic E-state index is 14.2. The van der Waals surface area contributed by atoms with E-state index in [0.717, 1.165) is 12.1 Å². The minimum atomic E-state index is -4.99. The van der Waals surface area contributed by atoms with Gasteiger partial charge in [-0.15, -0.1) is 0 Å². The Morgan fingerprint density at radius 1 is 1.00 bits per heavy atom. The van der Waals surface area contributed by atoms with Crippen LogP contribution in [0.15, 0.2) is 18.2 Å². The van der Waals surface area contributed by atoms with E-state index in [-0.39, 0.29) is 5.23 Å². The summed E-state index contributed by atoms with van der Waals surface area (Å²) in [5, 5.41) is 0.117. The average molecular weight is 379 g/mol. The molecule has 0 saturated heterocycles. The molecule has 1 aromatic rings. The second kappa shape index (κ2) is 7.22. The van der Waals surface area contributed by atoms with Crippen LogP contribution >= 0.6 is 0 Å². The molecule has 0 unspecified atom stereocenters. The second-order valence-electron chi connectivity index (χ2n) is 7.56. The van der Waals surface area contributed by atoms with Gasteiger partial charge in [-0.1, -0.05) is 6.07 Å². The van der Waals surface area contributed by atoms with Crippen LogP contribution in [0.4, 0.5) is 17.6 Å². The Kier molecular flexibility index (Phi) is 6.08. The third kappa shape index (κ3) is 5.69. The number of carbonyl (C=O) groups is 2. The number of nitrogens with zero attached hydrogens (tertiary/aromatic N) is 1. The van der Waals surface area contributed by atoms with Gasteiger partial charge in [0.2, 0.25) is 0 Å². The SMILES string of the molecule is CC(C)(C)ON(OC(=O)C(C)(C)C)C(=O)c1cccc(C(F)(F)F)c1F. The average Bonchev–Trinajstić information content (AvgIpc) is 2.42. The summed E-state index contributed by atoms with van der Waals surface area (Å²) >= 11 is 0. The highest BCUT2D eigenvalue weighted by Crippen LogP contribution is 2.33. The molecule has 0 radical (unpaired) electrons. The summed E-state index contributed by atoms with van der Waals surface area (Å²) in [4.78, 5) is 34.6. The highest BCUT2D eigenvalue weighted by molar-refractivity contribution is 5.94. The van der Waals surface area contributed by atoms with Crippen LogP contribution in [0.1, 0.15) is 57.5 Å². The minimum absolute atomic E-state index is 0.117. The van der Waals surface area contributed by atoms with Crippen LogP contribution in [-0.4, -0.2) is 22.7 Å². The van der Waals surface area contributed by atoms with Crippen LogP contribution in [0.5, 0.6) is 0 Å². The summed E-state index contributed by atoms with van der Waals surface area (Å²) in [5.74, 6) is -4.04. The first-order valence-corrected chi connectivity index (χ1v) is 7.66. The number of alkyl halides is 3. The number of hydrogen-bond acceptors (Lipinski definition) is 4. The summed E-state index contributed by atoms with van der Waals surface area (Å²) in [6.45, 7) is 9.04. The molecule has 146 valence electrons. The topological polar surface area (TPSA) is 55.8 Å². The van der Waals surface area contributed by atoms with Crippen LogP contribution in [0.2, 0.25) is 0 Å². The smallest absolute Gasteiger partial charge is 0.311 e. The number of amides is 1. The molecule has 0 N–H and O–H groups in total. The molecule has 0 fully saturated rings. The van der Waals surface area contributed by atoms with Crippen molar-refractivity contribution in [3.63, 3.8) is 0 Å². The van der Waals surface area contributed by atoms with Gasteiger partial charge in [0, 0.05) is 0 Å². The summed E-state index contributed by atoms with van der Waals surface area (Å²) in [5.41, 5.74) is -4.63. The standard InChI is InChI=1S/C17H21F4NO4/c1-15(2,3)14(24)25-22(26-16(4,5)6)13(23)10-8-7-9-11(12(10)18)17(19,20)21/h7-9H,1-6H3. The fraction of sp³-hybridized carbons (Fsp3) is 0.529. The van der Waals surface area contributed by atoms with E-state index in [9.17, 15) is 27.2 Å². The second-order valence-corrected chi connectivity index (χ2v) is 7.56. The van der Waals surface area contributed by atoms with Gasteiger partial charge in [-0.2, -0.15) is 13.2 Å². The van der Waals surface area contributed by atoms with Gasteiger partial charge in [-0.25, -0.2) is 14.0 Å². The van der Waals surface area contributed by atoms with Crippen molar-refractivity contribution in [1.82, 2.24) is 5.23 Å². The molecule has 26 heavy (non-hydrogen) atoms. The molecule has 0 aromatic heterocycles. The van der Waals surface area contributed by atoms with E-state index >= 15 is 0 Å². The molecule has 0 heterocycles. The molecule has 0 aliphatic carbocycles. The zero-order chi connectivity index (χ0) is 20.5. The zero-order valence-electron chi connectivity index (χ0n) is 15.3. The van der Waals surface area contributed by atoms with Gasteiger partial charge in [0.1, 0.15) is 5.82 Å². The molecule has 5 nitrogen and oxygen atoms in total. The van der Waals surface area contributed by atoms with Gasteiger partial charge in [-0.3, -0.25) is 4.79 Å². The van der Waals surface area contributed by atoms with Crippen LogP contribution in [0.3, 0.4) is 0 Å². The van der Waals surface area contributed by atoms with Crippen LogP contribution in [-0.2, 0) is 20.6 Å². The largest absolute Gasteiger partial charge is 0.419 e. The summed E-state index contributed by atoms with van der Waals surface area (Å²) in [6.07, 6.45) is -4.99. The van der Waals surface area contributed by atoms with E-state index in [1.165, 1.54) is 41.5 Å². The van der Waals surface area contributed by atoms with Crippen molar-refractivity contribution in [2.45, 2.75) is 53.3 Å². The number of hydrogen-bond donors (Lipinski definition) is 0. The van der Waals surface area contributed by atoms with Crippen LogP contribution in [0.25, 0.3) is 0 Å². The van der Waals surface area contributed by atoms with Crippen molar-refractivity contribution in [2.24, 2.45) is 5.41 Å². The van der Waals surface area contributed by atoms with Gasteiger partial charge in [-0.05, 0) is 58.9 Å². The molecule has 0 aliphatic rings. The highest BCUT2D eigenvalue weighted by Gasteiger charge is 2.38. The number of halogens is 4. The highest BCUT2D eigenvalue weighted by atomic mass is 19.4. The number of benzene rings is 1. The zero-order valence-corrected chi connectivity index (χ0v) is 15.3. The monoisotopic (exact) mass is 379 g/mol. The Bertz CT molecular complexity index is 687. The van der Waals surface area contributed by atoms with Crippen molar-refractivity contribution < 1.29 is 36.8 Å². The molecular weight excluding hydrogens is 358 g/mol. The van der Waals surface area contributed by atoms with E-state index in [1.807, 2.05) is 0 Å². The first-order valence-electron chi connectivity index (χ1n) is 7.66. The normalized spacial score (nSPS) is 12.7. The van der Waals surface area contributed by atoms with E-state index in [4.69, 9.17) is 9.68 Å². The quantitative estimate of drug-likeness (QED) is 0.560. The number of rotatable bonds is 2. The maximum absolute atomic E-state index is 14.2. The molecular formula is C17H21F4NO4. The van der Waals surface area contributed by atoms with Crippen molar-refractivity contribution in [3.8, 4) is 0 Å². The third-order valence-corrected chi connectivity index (χ3v) is 2.84. The van der Waals surface area contributed by atoms with E-state index < -0.39 is 46.0 Å². The van der Waals surface area contributed by atoms with Gasteiger partial charge >= 0.3 is 18.1 Å². The van der Waals surface area contributed by atoms with Gasteiger partial charge < -0.3 is 4.84 Å². The molecule has 1 rings (SSSR count). The molecule has 0 spiro atoms. The molecule has 0 bridgehead atoms. The Labute approximate surface area is 148 Å². The Hall–Kier alpha value is -2.16. The first kappa shape index (κ1) is 21.9. The molecule has 1 aromatic carbocycles. The lowest BCUT2D eigenvalue weighted by Crippen LogP contribution is -2.42. The summed E-state index contributed by atoms with van der Waals surface area (Å²) < 4.78 is 52.8. The fourth-order valence-electron chi connectivity index (χ4n) is 1.58. The lowest BCUT2D eigenvalue weighted by atomic mass is 9.98. The first-order chi connectivity index (χ1) is 11.5. The number of hydroxylamine groups is 2. The Balaban J connectivity index is 3.31. The molecule has 1 amide bonds. The van der Waals surface area contributed by atoms with E-state index in [1.54, 1.807) is 0 Å². The molecule has 0 aliphatic heterocycles. The minimum Gasteiger partial charge on any atom is -0.311 e. The third-order valence-electron chi connectivity index (χ3n) is 2.84. The molecule has 0 saturated carbocycles. The van der Waals surface area contributed by atoms with Gasteiger partial charge in [0.25, 0.3) is 0 Å². The van der Waals surface area contributed by atoms with Crippen LogP contribution in [0, 0.1) is 11.2 Å². The number of carbonyl (C=O) groups excluding carboxylic acids is 2. The lowest BCUT2D eigenvalue weighted by Gasteiger charge is -2.29. The van der Waals surface area contributed by atoms with Crippen molar-refractivity contribution in [3.05, 3.63) is 35.1 Å². The van der Waals surface area contributed by atoms with Crippen molar-refractivity contribution in [2.75, 3.05) is 0 Å². The van der Waals surface area contributed by atoms with Crippen molar-refractivity contribution in [1.29, 1.82) is 0 Å². The predicted molar refractivity (Wildman–Crippen MR) is 84.0 cm³/mol. The van der Waals surface area contributed by atoms with E-state index in [0.29, 0.717) is 6.07 Å². The molecule has 0 atom stereocenters. The molecule has 9 heteroatoms. The van der Waals surface area contributed by atoms with Crippen molar-refractivity contribution >= 4 is 11.9 Å². The lowest BCUT2D eigenvalue weighted by molar-refractivity contribution is -0.346. The van der Waals surface area contributed by atoms with Gasteiger partial charge in [0.05, 0.1) is 22.1 Å². The fourth-order valence-corrected chi connectivity index (χ4v) is 1.58. The predicted octanol–water partition coefficient (Wildman–Crippen LogP) is 4.52. The van der Waals surface area contributed by atoms with Gasteiger partial charge in [0.15, 0.2) is 0 Å². The Morgan fingerprint density at radius 2 is 1.54 bits per heavy atom.